The first-order valence-electron chi connectivity index (χ1n) is 5.19. The van der Waals surface area contributed by atoms with Gasteiger partial charge in [-0.2, -0.15) is 4.98 Å². The van der Waals surface area contributed by atoms with Crippen molar-refractivity contribution >= 4 is 17.4 Å². The number of methoxy groups -OCH3 is 1. The molecule has 2 rings (SSSR count). The van der Waals surface area contributed by atoms with Crippen molar-refractivity contribution in [1.29, 1.82) is 0 Å². The summed E-state index contributed by atoms with van der Waals surface area (Å²) in [5.74, 6) is -0.595. The maximum atomic E-state index is 12.9. The summed E-state index contributed by atoms with van der Waals surface area (Å²) < 4.78 is 23.1. The smallest absolute Gasteiger partial charge is 0.318 e. The molecule has 0 saturated heterocycles. The molecule has 2 aromatic heterocycles. The first-order chi connectivity index (χ1) is 9.08. The number of halogens is 2. The zero-order valence-corrected chi connectivity index (χ0v) is 10.7. The summed E-state index contributed by atoms with van der Waals surface area (Å²) in [7, 11) is 1.48. The van der Waals surface area contributed by atoms with Crippen LogP contribution >= 0.6 is 11.6 Å². The van der Waals surface area contributed by atoms with E-state index in [1.165, 1.54) is 7.11 Å². The lowest BCUT2D eigenvalue weighted by Gasteiger charge is -2.07. The predicted octanol–water partition coefficient (Wildman–Crippen LogP) is 1.83. The Morgan fingerprint density at radius 3 is 2.84 bits per heavy atom. The minimum atomic E-state index is -0.694. The van der Waals surface area contributed by atoms with Gasteiger partial charge in [0.2, 0.25) is 5.88 Å². The second-order valence-electron chi connectivity index (χ2n) is 3.51. The van der Waals surface area contributed by atoms with Gasteiger partial charge in [0, 0.05) is 6.07 Å². The van der Waals surface area contributed by atoms with Crippen LogP contribution in [0.15, 0.2) is 18.3 Å². The Morgan fingerprint density at radius 1 is 1.37 bits per heavy atom. The van der Waals surface area contributed by atoms with E-state index < -0.39 is 5.82 Å². The van der Waals surface area contributed by atoms with Crippen molar-refractivity contribution in [2.45, 2.75) is 6.61 Å². The molecular formula is C11H10ClFN4O2. The molecule has 0 aliphatic heterocycles. The van der Waals surface area contributed by atoms with Crippen LogP contribution in [-0.2, 0) is 6.61 Å². The molecule has 8 heteroatoms. The third-order valence-electron chi connectivity index (χ3n) is 2.16. The standard InChI is InChI=1S/C11H10ClFN4O2/c1-18-9-3-6(2-8(12)16-9)5-19-11-15-4-7(13)10(14)17-11/h2-4H,5H2,1H3,(H2,14,15,17). The minimum Gasteiger partial charge on any atom is -0.481 e. The highest BCUT2D eigenvalue weighted by molar-refractivity contribution is 6.29. The molecule has 0 aliphatic rings. The van der Waals surface area contributed by atoms with Gasteiger partial charge in [0.25, 0.3) is 0 Å². The maximum Gasteiger partial charge on any atom is 0.318 e. The van der Waals surface area contributed by atoms with E-state index in [-0.39, 0.29) is 23.6 Å². The monoisotopic (exact) mass is 284 g/mol. The van der Waals surface area contributed by atoms with Crippen molar-refractivity contribution in [1.82, 2.24) is 15.0 Å². The molecule has 0 radical (unpaired) electrons. The van der Waals surface area contributed by atoms with Crippen molar-refractivity contribution in [3.8, 4) is 11.9 Å². The molecular weight excluding hydrogens is 275 g/mol. The number of nitrogen functional groups attached to an aromatic ring is 1. The van der Waals surface area contributed by atoms with Gasteiger partial charge in [-0.1, -0.05) is 11.6 Å². The van der Waals surface area contributed by atoms with Crippen molar-refractivity contribution in [2.75, 3.05) is 12.8 Å². The highest BCUT2D eigenvalue weighted by Gasteiger charge is 2.06. The highest BCUT2D eigenvalue weighted by atomic mass is 35.5. The fraction of sp³-hybridized carbons (Fsp3) is 0.182. The number of nitrogens with two attached hydrogens (primary N) is 1. The lowest BCUT2D eigenvalue weighted by atomic mass is 10.3. The molecule has 19 heavy (non-hydrogen) atoms. The lowest BCUT2D eigenvalue weighted by molar-refractivity contribution is 0.279. The molecule has 0 fully saturated rings. The summed E-state index contributed by atoms with van der Waals surface area (Å²) in [4.78, 5) is 11.2. The number of pyridine rings is 1. The zero-order chi connectivity index (χ0) is 13.8. The summed E-state index contributed by atoms with van der Waals surface area (Å²) in [6.45, 7) is 0.129. The Kier molecular flexibility index (Phi) is 3.96. The maximum absolute atomic E-state index is 12.9. The van der Waals surface area contributed by atoms with Crippen LogP contribution in [0.4, 0.5) is 10.2 Å². The fourth-order valence-electron chi connectivity index (χ4n) is 1.29. The number of aromatic nitrogens is 3. The number of hydrogen-bond acceptors (Lipinski definition) is 6. The third-order valence-corrected chi connectivity index (χ3v) is 2.35. The molecule has 2 aromatic rings. The topological polar surface area (TPSA) is 83.2 Å². The normalized spacial score (nSPS) is 10.3. The Hall–Kier alpha value is -2.15. The van der Waals surface area contributed by atoms with Gasteiger partial charge in [-0.15, -0.1) is 0 Å². The van der Waals surface area contributed by atoms with E-state index in [1.807, 2.05) is 0 Å². The second-order valence-corrected chi connectivity index (χ2v) is 3.90. The van der Waals surface area contributed by atoms with Gasteiger partial charge in [-0.3, -0.25) is 0 Å². The van der Waals surface area contributed by atoms with Gasteiger partial charge in [0.1, 0.15) is 11.8 Å². The quantitative estimate of drug-likeness (QED) is 0.863. The highest BCUT2D eigenvalue weighted by Crippen LogP contribution is 2.17. The van der Waals surface area contributed by atoms with Crippen molar-refractivity contribution < 1.29 is 13.9 Å². The summed E-state index contributed by atoms with van der Waals surface area (Å²) in [6, 6.07) is 3.24. The van der Waals surface area contributed by atoms with Crippen LogP contribution in [0.5, 0.6) is 11.9 Å². The number of nitrogens with zero attached hydrogens (tertiary/aromatic N) is 3. The summed E-state index contributed by atoms with van der Waals surface area (Å²) in [5.41, 5.74) is 6.01. The SMILES string of the molecule is COc1cc(COc2ncc(F)c(N)n2)cc(Cl)n1. The van der Waals surface area contributed by atoms with E-state index in [2.05, 4.69) is 15.0 Å². The summed E-state index contributed by atoms with van der Waals surface area (Å²) >= 11 is 5.81. The average Bonchev–Trinajstić information content (AvgIpc) is 2.39. The molecule has 0 aliphatic carbocycles. The lowest BCUT2D eigenvalue weighted by Crippen LogP contribution is -2.04. The van der Waals surface area contributed by atoms with Crippen LogP contribution in [0, 0.1) is 5.82 Å². The number of hydrogen-bond donors (Lipinski definition) is 1. The molecule has 0 atom stereocenters. The number of rotatable bonds is 4. The first-order valence-corrected chi connectivity index (χ1v) is 5.57. The molecule has 0 bridgehead atoms. The second kappa shape index (κ2) is 5.66. The first kappa shape index (κ1) is 13.3. The van der Waals surface area contributed by atoms with E-state index in [4.69, 9.17) is 26.8 Å². The van der Waals surface area contributed by atoms with E-state index in [0.717, 1.165) is 6.20 Å². The Balaban J connectivity index is 2.09. The van der Waals surface area contributed by atoms with Crippen LogP contribution in [0.3, 0.4) is 0 Å². The van der Waals surface area contributed by atoms with Crippen LogP contribution in [0.1, 0.15) is 5.56 Å². The van der Waals surface area contributed by atoms with Crippen LogP contribution in [-0.4, -0.2) is 22.1 Å². The Morgan fingerprint density at radius 2 is 2.16 bits per heavy atom. The van der Waals surface area contributed by atoms with Gasteiger partial charge < -0.3 is 15.2 Å². The number of ether oxygens (including phenoxy) is 2. The van der Waals surface area contributed by atoms with Gasteiger partial charge in [-0.25, -0.2) is 14.4 Å². The van der Waals surface area contributed by atoms with E-state index in [9.17, 15) is 4.39 Å². The molecule has 2 N–H and O–H groups in total. The fourth-order valence-corrected chi connectivity index (χ4v) is 1.52. The van der Waals surface area contributed by atoms with Crippen molar-refractivity contribution in [2.24, 2.45) is 0 Å². The molecule has 6 nitrogen and oxygen atoms in total. The zero-order valence-electron chi connectivity index (χ0n) is 9.93. The minimum absolute atomic E-state index is 0.0224. The Bertz CT molecular complexity index is 597. The molecule has 0 aromatic carbocycles. The summed E-state index contributed by atoms with van der Waals surface area (Å²) in [5, 5.41) is 0.275. The molecule has 0 saturated carbocycles. The van der Waals surface area contributed by atoms with E-state index in [1.54, 1.807) is 12.1 Å². The van der Waals surface area contributed by atoms with Crippen LogP contribution in [0.25, 0.3) is 0 Å². The van der Waals surface area contributed by atoms with Gasteiger partial charge in [0.15, 0.2) is 11.6 Å². The molecule has 0 amide bonds. The molecule has 0 spiro atoms. The van der Waals surface area contributed by atoms with Crippen molar-refractivity contribution in [3.63, 3.8) is 0 Å². The Labute approximate surface area is 113 Å². The third kappa shape index (κ3) is 3.41. The van der Waals surface area contributed by atoms with Crippen molar-refractivity contribution in [3.05, 3.63) is 34.9 Å². The van der Waals surface area contributed by atoms with Gasteiger partial charge in [0.05, 0.1) is 13.3 Å². The van der Waals surface area contributed by atoms with E-state index in [0.29, 0.717) is 11.4 Å². The molecule has 2 heterocycles. The van der Waals surface area contributed by atoms with Crippen LogP contribution < -0.4 is 15.2 Å². The van der Waals surface area contributed by atoms with E-state index >= 15 is 0 Å². The largest absolute Gasteiger partial charge is 0.481 e. The summed E-state index contributed by atoms with van der Waals surface area (Å²) in [6.07, 6.45) is 0.942. The molecule has 0 unspecified atom stereocenters. The van der Waals surface area contributed by atoms with Gasteiger partial charge >= 0.3 is 6.01 Å². The van der Waals surface area contributed by atoms with Crippen LogP contribution in [0.2, 0.25) is 5.15 Å². The predicted molar refractivity (Wildman–Crippen MR) is 66.5 cm³/mol. The number of anilines is 1. The average molecular weight is 285 g/mol. The molecule has 100 valence electrons. The van der Waals surface area contributed by atoms with Gasteiger partial charge in [-0.05, 0) is 11.6 Å².